The second kappa shape index (κ2) is 6.07. The Morgan fingerprint density at radius 3 is 2.40 bits per heavy atom. The number of anilines is 2. The van der Waals surface area contributed by atoms with Crippen LogP contribution < -0.4 is 10.2 Å². The molecule has 1 heterocycles. The lowest BCUT2D eigenvalue weighted by Gasteiger charge is -2.12. The summed E-state index contributed by atoms with van der Waals surface area (Å²) in [6, 6.07) is 7.15. The highest BCUT2D eigenvalue weighted by Gasteiger charge is 2.12. The monoisotopic (exact) mass is 310 g/mol. The van der Waals surface area contributed by atoms with Gasteiger partial charge < -0.3 is 10.2 Å². The average molecular weight is 311 g/mol. The first-order valence-corrected chi connectivity index (χ1v) is 6.49. The number of nitrogens with zero attached hydrogens (tertiary/aromatic N) is 3. The number of rotatable bonds is 3. The van der Waals surface area contributed by atoms with Gasteiger partial charge in [-0.15, -0.1) is 0 Å². The molecule has 0 unspecified atom stereocenters. The van der Waals surface area contributed by atoms with Gasteiger partial charge in [0.15, 0.2) is 11.0 Å². The molecule has 0 aliphatic rings. The minimum absolute atomic E-state index is 0.0972. The summed E-state index contributed by atoms with van der Waals surface area (Å²) in [5.41, 5.74) is 1.51. The molecule has 2 rings (SSSR count). The van der Waals surface area contributed by atoms with Crippen LogP contribution in [-0.4, -0.2) is 30.0 Å². The Labute approximate surface area is 126 Å². The predicted octanol–water partition coefficient (Wildman–Crippen LogP) is 3.10. The van der Waals surface area contributed by atoms with E-state index in [-0.39, 0.29) is 21.9 Å². The van der Waals surface area contributed by atoms with E-state index < -0.39 is 0 Å². The van der Waals surface area contributed by atoms with Gasteiger partial charge in [0.2, 0.25) is 0 Å². The lowest BCUT2D eigenvalue weighted by molar-refractivity contribution is 0.102. The third-order valence-electron chi connectivity index (χ3n) is 2.62. The smallest absolute Gasteiger partial charge is 0.256 e. The number of aromatic nitrogens is 2. The molecule has 104 valence electrons. The topological polar surface area (TPSA) is 58.1 Å². The van der Waals surface area contributed by atoms with Crippen LogP contribution in [0.1, 0.15) is 10.4 Å². The fraction of sp³-hybridized carbons (Fsp3) is 0.154. The van der Waals surface area contributed by atoms with Crippen LogP contribution in [0, 0.1) is 0 Å². The molecule has 1 aromatic heterocycles. The van der Waals surface area contributed by atoms with Crippen LogP contribution in [-0.2, 0) is 0 Å². The van der Waals surface area contributed by atoms with Crippen molar-refractivity contribution in [3.63, 3.8) is 0 Å². The van der Waals surface area contributed by atoms with E-state index in [1.807, 2.05) is 31.1 Å². The molecule has 20 heavy (non-hydrogen) atoms. The molecule has 1 aromatic carbocycles. The third-order valence-corrected chi connectivity index (χ3v) is 3.37. The van der Waals surface area contributed by atoms with Gasteiger partial charge in [0.05, 0.1) is 0 Å². The quantitative estimate of drug-likeness (QED) is 0.885. The largest absolute Gasteiger partial charge is 0.378 e. The maximum Gasteiger partial charge on any atom is 0.256 e. The second-order valence-electron chi connectivity index (χ2n) is 4.22. The normalized spacial score (nSPS) is 10.2. The van der Waals surface area contributed by atoms with Crippen molar-refractivity contribution in [3.8, 4) is 0 Å². The minimum Gasteiger partial charge on any atom is -0.378 e. The van der Waals surface area contributed by atoms with E-state index in [9.17, 15) is 4.79 Å². The van der Waals surface area contributed by atoms with Gasteiger partial charge in [0.1, 0.15) is 11.3 Å². The predicted molar refractivity (Wildman–Crippen MR) is 80.8 cm³/mol. The number of benzene rings is 1. The van der Waals surface area contributed by atoms with Crippen molar-refractivity contribution in [2.45, 2.75) is 0 Å². The minimum atomic E-state index is -0.313. The van der Waals surface area contributed by atoms with Crippen molar-refractivity contribution in [1.29, 1.82) is 0 Å². The van der Waals surface area contributed by atoms with Crippen LogP contribution in [0.5, 0.6) is 0 Å². The van der Waals surface area contributed by atoms with Gasteiger partial charge in [-0.1, -0.05) is 23.2 Å². The van der Waals surface area contributed by atoms with E-state index in [2.05, 4.69) is 15.3 Å². The fourth-order valence-corrected chi connectivity index (χ4v) is 1.80. The molecule has 0 atom stereocenters. The van der Waals surface area contributed by atoms with Gasteiger partial charge in [-0.2, -0.15) is 0 Å². The molecule has 0 saturated carbocycles. The SMILES string of the molecule is CN(C)c1ccc(C(=O)Nc2ncnc(Cl)c2Cl)cc1. The van der Waals surface area contributed by atoms with Crippen molar-refractivity contribution in [2.75, 3.05) is 24.3 Å². The molecule has 0 aliphatic carbocycles. The van der Waals surface area contributed by atoms with Crippen LogP contribution >= 0.6 is 23.2 Å². The Balaban J connectivity index is 2.18. The first-order valence-electron chi connectivity index (χ1n) is 5.74. The molecule has 2 aromatic rings. The van der Waals surface area contributed by atoms with E-state index in [1.54, 1.807) is 12.1 Å². The average Bonchev–Trinajstić information content (AvgIpc) is 2.44. The maximum atomic E-state index is 12.1. The maximum absolute atomic E-state index is 12.1. The van der Waals surface area contributed by atoms with Gasteiger partial charge in [-0.05, 0) is 24.3 Å². The van der Waals surface area contributed by atoms with E-state index in [4.69, 9.17) is 23.2 Å². The summed E-state index contributed by atoms with van der Waals surface area (Å²) in [4.78, 5) is 21.6. The summed E-state index contributed by atoms with van der Waals surface area (Å²) in [7, 11) is 3.86. The molecule has 0 radical (unpaired) electrons. The van der Waals surface area contributed by atoms with Gasteiger partial charge in [-0.3, -0.25) is 4.79 Å². The second-order valence-corrected chi connectivity index (χ2v) is 4.96. The van der Waals surface area contributed by atoms with Gasteiger partial charge in [0, 0.05) is 25.3 Å². The Hall–Kier alpha value is -1.85. The number of hydrogen-bond acceptors (Lipinski definition) is 4. The number of carbonyl (C=O) groups excluding carboxylic acids is 1. The fourth-order valence-electron chi connectivity index (χ4n) is 1.53. The van der Waals surface area contributed by atoms with E-state index >= 15 is 0 Å². The molecule has 7 heteroatoms. The first kappa shape index (κ1) is 14.6. The molecular formula is C13H12Cl2N4O. The summed E-state index contributed by atoms with van der Waals surface area (Å²) >= 11 is 11.7. The molecule has 1 N–H and O–H groups in total. The van der Waals surface area contributed by atoms with Crippen LogP contribution in [0.25, 0.3) is 0 Å². The van der Waals surface area contributed by atoms with Crippen LogP contribution in [0.4, 0.5) is 11.5 Å². The molecule has 0 saturated heterocycles. The number of hydrogen-bond donors (Lipinski definition) is 1. The number of halogens is 2. The molecule has 0 aliphatic heterocycles. The Morgan fingerprint density at radius 1 is 1.15 bits per heavy atom. The molecule has 0 fully saturated rings. The van der Waals surface area contributed by atoms with Crippen molar-refractivity contribution >= 4 is 40.6 Å². The summed E-state index contributed by atoms with van der Waals surface area (Å²) in [6.45, 7) is 0. The van der Waals surface area contributed by atoms with E-state index in [0.717, 1.165) is 5.69 Å². The highest BCUT2D eigenvalue weighted by molar-refractivity contribution is 6.43. The summed E-state index contributed by atoms with van der Waals surface area (Å²) in [5.74, 6) is -0.125. The Morgan fingerprint density at radius 2 is 1.80 bits per heavy atom. The highest BCUT2D eigenvalue weighted by atomic mass is 35.5. The van der Waals surface area contributed by atoms with Crippen molar-refractivity contribution in [1.82, 2.24) is 9.97 Å². The summed E-state index contributed by atoms with van der Waals surface area (Å²) in [6.07, 6.45) is 1.24. The molecule has 0 bridgehead atoms. The van der Waals surface area contributed by atoms with E-state index in [1.165, 1.54) is 6.33 Å². The van der Waals surface area contributed by atoms with Crippen molar-refractivity contribution in [3.05, 3.63) is 46.3 Å². The Bertz CT molecular complexity index is 629. The molecule has 0 spiro atoms. The summed E-state index contributed by atoms with van der Waals surface area (Å²) < 4.78 is 0. The lowest BCUT2D eigenvalue weighted by Crippen LogP contribution is -2.14. The first-order chi connectivity index (χ1) is 9.49. The van der Waals surface area contributed by atoms with Crippen molar-refractivity contribution in [2.24, 2.45) is 0 Å². The molecular weight excluding hydrogens is 299 g/mol. The summed E-state index contributed by atoms with van der Waals surface area (Å²) in [5, 5.41) is 2.81. The van der Waals surface area contributed by atoms with Crippen LogP contribution in [0.15, 0.2) is 30.6 Å². The zero-order valence-electron chi connectivity index (χ0n) is 10.9. The number of amides is 1. The van der Waals surface area contributed by atoms with Crippen LogP contribution in [0.3, 0.4) is 0 Å². The van der Waals surface area contributed by atoms with Gasteiger partial charge >= 0.3 is 0 Å². The zero-order chi connectivity index (χ0) is 14.7. The van der Waals surface area contributed by atoms with E-state index in [0.29, 0.717) is 5.56 Å². The van der Waals surface area contributed by atoms with Crippen LogP contribution in [0.2, 0.25) is 10.2 Å². The molecule has 5 nitrogen and oxygen atoms in total. The van der Waals surface area contributed by atoms with Gasteiger partial charge in [-0.25, -0.2) is 9.97 Å². The third kappa shape index (κ3) is 3.18. The lowest BCUT2D eigenvalue weighted by atomic mass is 10.2. The zero-order valence-corrected chi connectivity index (χ0v) is 12.4. The van der Waals surface area contributed by atoms with Gasteiger partial charge in [0.25, 0.3) is 5.91 Å². The number of nitrogens with one attached hydrogen (secondary N) is 1. The molecule has 1 amide bonds. The Kier molecular flexibility index (Phi) is 4.42. The highest BCUT2D eigenvalue weighted by Crippen LogP contribution is 2.25. The number of carbonyl (C=O) groups is 1. The van der Waals surface area contributed by atoms with Crippen molar-refractivity contribution < 1.29 is 4.79 Å². The standard InChI is InChI=1S/C13H12Cl2N4O/c1-19(2)9-5-3-8(4-6-9)13(20)18-12-10(14)11(15)16-7-17-12/h3-7H,1-2H3,(H,16,17,18,20).